The van der Waals surface area contributed by atoms with Gasteiger partial charge in [-0.3, -0.25) is 4.90 Å². The quantitative estimate of drug-likeness (QED) is 0.648. The Morgan fingerprint density at radius 1 is 1.03 bits per heavy atom. The summed E-state index contributed by atoms with van der Waals surface area (Å²) in [6.45, 7) is 6.38. The van der Waals surface area contributed by atoms with Crippen molar-refractivity contribution in [2.45, 2.75) is 64.0 Å². The second-order valence-electron chi connectivity index (χ2n) is 8.30. The van der Waals surface area contributed by atoms with E-state index in [0.717, 1.165) is 50.6 Å². The predicted molar refractivity (Wildman–Crippen MR) is 122 cm³/mol. The molecule has 1 aliphatic carbocycles. The van der Waals surface area contributed by atoms with Gasteiger partial charge in [-0.05, 0) is 54.0 Å². The van der Waals surface area contributed by atoms with Crippen molar-refractivity contribution in [1.29, 1.82) is 0 Å². The molecule has 2 aromatic rings. The van der Waals surface area contributed by atoms with Crippen molar-refractivity contribution >= 4 is 18.1 Å². The van der Waals surface area contributed by atoms with Crippen LogP contribution < -0.4 is 9.64 Å². The van der Waals surface area contributed by atoms with Gasteiger partial charge in [0.25, 0.3) is 0 Å². The zero-order valence-electron chi connectivity index (χ0n) is 18.2. The van der Waals surface area contributed by atoms with Crippen molar-refractivity contribution in [2.24, 2.45) is 0 Å². The molecule has 166 valence electrons. The topological polar surface area (TPSA) is 59.3 Å². The lowest BCUT2D eigenvalue weighted by molar-refractivity contribution is 0.158. The van der Waals surface area contributed by atoms with E-state index >= 15 is 0 Å². The van der Waals surface area contributed by atoms with E-state index in [-0.39, 0.29) is 12.4 Å². The number of ether oxygens (including phenoxy) is 1. The zero-order valence-corrected chi connectivity index (χ0v) is 19.1. The van der Waals surface area contributed by atoms with Gasteiger partial charge in [0, 0.05) is 31.9 Å². The highest BCUT2D eigenvalue weighted by Gasteiger charge is 2.31. The Bertz CT molecular complexity index is 753. The molecule has 0 N–H and O–H groups in total. The van der Waals surface area contributed by atoms with E-state index in [1.54, 1.807) is 7.11 Å². The molecule has 1 unspecified atom stereocenters. The SMILES string of the molecule is CCCC(c1nnnn1C1CCCCC1)N1CCN(c2ccc(OC)cc2)CC1.Cl. The summed E-state index contributed by atoms with van der Waals surface area (Å²) >= 11 is 0. The second-order valence-corrected chi connectivity index (χ2v) is 8.30. The molecule has 4 rings (SSSR count). The van der Waals surface area contributed by atoms with Crippen LogP contribution in [0.2, 0.25) is 0 Å². The summed E-state index contributed by atoms with van der Waals surface area (Å²) in [6.07, 6.45) is 8.60. The van der Waals surface area contributed by atoms with Gasteiger partial charge in [-0.1, -0.05) is 32.6 Å². The minimum Gasteiger partial charge on any atom is -0.497 e. The molecule has 2 aliphatic rings. The number of piperazine rings is 1. The van der Waals surface area contributed by atoms with Gasteiger partial charge >= 0.3 is 0 Å². The number of anilines is 1. The van der Waals surface area contributed by atoms with Crippen molar-refractivity contribution < 1.29 is 4.74 Å². The highest BCUT2D eigenvalue weighted by atomic mass is 35.5. The lowest BCUT2D eigenvalue weighted by atomic mass is 9.95. The van der Waals surface area contributed by atoms with Crippen molar-refractivity contribution in [3.8, 4) is 5.75 Å². The third-order valence-corrected chi connectivity index (χ3v) is 6.49. The Balaban J connectivity index is 0.00000256. The van der Waals surface area contributed by atoms with Crippen molar-refractivity contribution in [3.05, 3.63) is 30.1 Å². The normalized spacial score (nSPS) is 19.3. The van der Waals surface area contributed by atoms with Crippen molar-refractivity contribution in [2.75, 3.05) is 38.2 Å². The molecule has 2 fully saturated rings. The predicted octanol–water partition coefficient (Wildman–Crippen LogP) is 4.27. The van der Waals surface area contributed by atoms with Crippen LogP contribution in [-0.2, 0) is 0 Å². The van der Waals surface area contributed by atoms with E-state index in [4.69, 9.17) is 4.74 Å². The number of rotatable bonds is 7. The molecule has 8 heteroatoms. The van der Waals surface area contributed by atoms with E-state index in [1.165, 1.54) is 37.8 Å². The first-order chi connectivity index (χ1) is 14.3. The molecule has 0 bridgehead atoms. The first kappa shape index (κ1) is 22.8. The van der Waals surface area contributed by atoms with Crippen molar-refractivity contribution in [3.63, 3.8) is 0 Å². The highest BCUT2D eigenvalue weighted by Crippen LogP contribution is 2.32. The number of hydrogen-bond donors (Lipinski definition) is 0. The number of hydrogen-bond acceptors (Lipinski definition) is 6. The third kappa shape index (κ3) is 5.06. The molecule has 0 amide bonds. The summed E-state index contributed by atoms with van der Waals surface area (Å²) in [6, 6.07) is 9.19. The maximum atomic E-state index is 5.29. The minimum absolute atomic E-state index is 0. The van der Waals surface area contributed by atoms with Crippen LogP contribution in [0.1, 0.15) is 69.8 Å². The first-order valence-corrected chi connectivity index (χ1v) is 11.2. The summed E-state index contributed by atoms with van der Waals surface area (Å²) < 4.78 is 7.45. The Kier molecular flexibility index (Phi) is 8.33. The van der Waals surface area contributed by atoms with E-state index < -0.39 is 0 Å². The van der Waals surface area contributed by atoms with E-state index in [1.807, 2.05) is 12.1 Å². The summed E-state index contributed by atoms with van der Waals surface area (Å²) in [5.41, 5.74) is 1.27. The van der Waals surface area contributed by atoms with Gasteiger partial charge in [-0.25, -0.2) is 4.68 Å². The van der Waals surface area contributed by atoms with E-state index in [0.29, 0.717) is 12.1 Å². The zero-order chi connectivity index (χ0) is 20.1. The average Bonchev–Trinajstić information content (AvgIpc) is 3.28. The molecule has 1 saturated carbocycles. The summed E-state index contributed by atoms with van der Waals surface area (Å²) in [4.78, 5) is 5.05. The van der Waals surface area contributed by atoms with E-state index in [2.05, 4.69) is 49.1 Å². The molecular formula is C22H35ClN6O. The number of halogens is 1. The molecule has 30 heavy (non-hydrogen) atoms. The number of methoxy groups -OCH3 is 1. The Morgan fingerprint density at radius 2 is 1.73 bits per heavy atom. The molecular weight excluding hydrogens is 400 g/mol. The van der Waals surface area contributed by atoms with Crippen LogP contribution in [0, 0.1) is 0 Å². The largest absolute Gasteiger partial charge is 0.497 e. The number of nitrogens with zero attached hydrogens (tertiary/aromatic N) is 6. The molecule has 2 heterocycles. The fourth-order valence-corrected chi connectivity index (χ4v) is 4.84. The molecule has 1 aromatic heterocycles. The van der Waals surface area contributed by atoms with Gasteiger partial charge in [0.1, 0.15) is 5.75 Å². The van der Waals surface area contributed by atoms with Crippen LogP contribution in [0.25, 0.3) is 0 Å². The van der Waals surface area contributed by atoms with Crippen molar-refractivity contribution in [1.82, 2.24) is 25.1 Å². The molecule has 1 aliphatic heterocycles. The van der Waals surface area contributed by atoms with Gasteiger partial charge in [0.2, 0.25) is 0 Å². The third-order valence-electron chi connectivity index (χ3n) is 6.49. The maximum Gasteiger partial charge on any atom is 0.168 e. The minimum atomic E-state index is 0. The summed E-state index contributed by atoms with van der Waals surface area (Å²) in [5, 5.41) is 13.0. The standard InChI is InChI=1S/C22H34N6O.ClH/c1-3-7-21(22-23-24-25-28(22)19-8-5-4-6-9-19)27-16-14-26(15-17-27)18-10-12-20(29-2)13-11-18;/h10-13,19,21H,3-9,14-17H2,1-2H3;1H. The van der Waals surface area contributed by atoms with E-state index in [9.17, 15) is 0 Å². The smallest absolute Gasteiger partial charge is 0.168 e. The summed E-state index contributed by atoms with van der Waals surface area (Å²) in [7, 11) is 1.71. The van der Waals surface area contributed by atoms with Crippen LogP contribution >= 0.6 is 12.4 Å². The highest BCUT2D eigenvalue weighted by molar-refractivity contribution is 5.85. The molecule has 1 aromatic carbocycles. The van der Waals surface area contributed by atoms with Crippen LogP contribution in [0.15, 0.2) is 24.3 Å². The Hall–Kier alpha value is -1.86. The van der Waals surface area contributed by atoms with Gasteiger partial charge in [0.05, 0.1) is 19.2 Å². The summed E-state index contributed by atoms with van der Waals surface area (Å²) in [5.74, 6) is 1.99. The Morgan fingerprint density at radius 3 is 2.37 bits per heavy atom. The van der Waals surface area contributed by atoms with Gasteiger partial charge in [0.15, 0.2) is 5.82 Å². The van der Waals surface area contributed by atoms with Gasteiger partial charge < -0.3 is 9.64 Å². The monoisotopic (exact) mass is 434 g/mol. The average molecular weight is 435 g/mol. The first-order valence-electron chi connectivity index (χ1n) is 11.2. The van der Waals surface area contributed by atoms with Gasteiger partial charge in [-0.15, -0.1) is 17.5 Å². The second kappa shape index (κ2) is 11.0. The van der Waals surface area contributed by atoms with Crippen LogP contribution in [0.5, 0.6) is 5.75 Å². The number of tetrazole rings is 1. The molecule has 1 atom stereocenters. The van der Waals surface area contributed by atoms with Crippen LogP contribution in [-0.4, -0.2) is 58.4 Å². The molecule has 7 nitrogen and oxygen atoms in total. The molecule has 1 saturated heterocycles. The van der Waals surface area contributed by atoms with Gasteiger partial charge in [-0.2, -0.15) is 0 Å². The number of aromatic nitrogens is 4. The fourth-order valence-electron chi connectivity index (χ4n) is 4.84. The molecule has 0 spiro atoms. The molecule has 0 radical (unpaired) electrons. The lowest BCUT2D eigenvalue weighted by Gasteiger charge is -2.40. The Labute approximate surface area is 186 Å². The number of benzene rings is 1. The van der Waals surface area contributed by atoms with Crippen LogP contribution in [0.3, 0.4) is 0 Å². The maximum absolute atomic E-state index is 5.29. The lowest BCUT2D eigenvalue weighted by Crippen LogP contribution is -2.48. The fraction of sp³-hybridized carbons (Fsp3) is 0.682. The van der Waals surface area contributed by atoms with Crippen LogP contribution in [0.4, 0.5) is 5.69 Å².